The molecule has 0 aromatic heterocycles. The second-order valence-electron chi connectivity index (χ2n) is 11.9. The van der Waals surface area contributed by atoms with Gasteiger partial charge in [-0.05, 0) is 54.9 Å². The molecule has 1 saturated heterocycles. The second kappa shape index (κ2) is 17.0. The lowest BCUT2D eigenvalue weighted by molar-refractivity contribution is -0.146. The topological polar surface area (TPSA) is 114 Å². The van der Waals surface area contributed by atoms with Gasteiger partial charge in [0.15, 0.2) is 0 Å². The number of rotatable bonds is 12. The van der Waals surface area contributed by atoms with Crippen molar-refractivity contribution in [3.63, 3.8) is 0 Å². The normalized spacial score (nSPS) is 18.5. The van der Waals surface area contributed by atoms with Gasteiger partial charge in [-0.25, -0.2) is 9.59 Å². The van der Waals surface area contributed by atoms with E-state index in [4.69, 9.17) is 21.1 Å². The van der Waals surface area contributed by atoms with Gasteiger partial charge in [0.1, 0.15) is 18.7 Å². The van der Waals surface area contributed by atoms with Crippen LogP contribution < -0.4 is 10.6 Å². The molecule has 3 amide bonds. The van der Waals surface area contributed by atoms with Crippen molar-refractivity contribution in [2.45, 2.75) is 88.8 Å². The van der Waals surface area contributed by atoms with Crippen LogP contribution >= 0.6 is 11.6 Å². The average molecular weight is 626 g/mol. The summed E-state index contributed by atoms with van der Waals surface area (Å²) in [5.74, 6) is -0.653. The first-order valence-corrected chi connectivity index (χ1v) is 16.1. The van der Waals surface area contributed by atoms with E-state index in [1.165, 1.54) is 12.7 Å². The summed E-state index contributed by atoms with van der Waals surface area (Å²) < 4.78 is 10.4. The maximum atomic E-state index is 13.5. The van der Waals surface area contributed by atoms with E-state index < -0.39 is 30.1 Å². The lowest BCUT2D eigenvalue weighted by atomic mass is 9.84. The highest BCUT2D eigenvalue weighted by atomic mass is 35.5. The Balaban J connectivity index is 1.35. The Morgan fingerprint density at radius 2 is 1.70 bits per heavy atom. The Morgan fingerprint density at radius 3 is 2.43 bits per heavy atom. The van der Waals surface area contributed by atoms with Gasteiger partial charge in [-0.3, -0.25) is 9.59 Å². The molecule has 238 valence electrons. The number of benzene rings is 2. The van der Waals surface area contributed by atoms with E-state index in [1.54, 1.807) is 24.3 Å². The molecule has 2 aromatic rings. The summed E-state index contributed by atoms with van der Waals surface area (Å²) in [7, 11) is 1.25. The molecule has 0 bridgehead atoms. The molecule has 1 saturated carbocycles. The molecule has 2 N–H and O–H groups in total. The largest absolute Gasteiger partial charge is 0.467 e. The van der Waals surface area contributed by atoms with E-state index in [1.807, 2.05) is 23.1 Å². The van der Waals surface area contributed by atoms with Crippen LogP contribution in [0.3, 0.4) is 0 Å². The van der Waals surface area contributed by atoms with Crippen LogP contribution in [0, 0.1) is 5.92 Å². The van der Waals surface area contributed by atoms with Gasteiger partial charge in [-0.2, -0.15) is 0 Å². The van der Waals surface area contributed by atoms with E-state index in [2.05, 4.69) is 22.8 Å². The summed E-state index contributed by atoms with van der Waals surface area (Å²) in [5, 5.41) is 6.01. The fourth-order valence-corrected chi connectivity index (χ4v) is 6.45. The van der Waals surface area contributed by atoms with Crippen LogP contribution in [-0.4, -0.2) is 61.1 Å². The van der Waals surface area contributed by atoms with Crippen molar-refractivity contribution >= 4 is 35.5 Å². The first kappa shape index (κ1) is 33.3. The number of esters is 1. The van der Waals surface area contributed by atoms with Crippen molar-refractivity contribution in [3.05, 3.63) is 70.7 Å². The number of piperidine rings is 1. The zero-order valence-corrected chi connectivity index (χ0v) is 26.2. The highest BCUT2D eigenvalue weighted by molar-refractivity contribution is 6.30. The molecular weight excluding hydrogens is 582 g/mol. The summed E-state index contributed by atoms with van der Waals surface area (Å²) >= 11 is 6.03. The standard InChI is InChI=1S/C34H44ClN3O6/c1-43-33(41)29(17-18-31(39)38-19-9-15-27(22-38)26-13-6-3-7-14-26)36-32(40)30(21-24-10-4-2-5-11-24)37-34(42)44-23-25-12-8-16-28(35)20-25/h3,6-8,12-14,16,20,24,27,29-30H,2,4-5,9-11,15,17-19,21-23H2,1H3,(H,36,40)(H,37,42)/t27?,29-,30-/m0/s1. The molecule has 3 atom stereocenters. The molecule has 1 aliphatic carbocycles. The first-order chi connectivity index (χ1) is 21.3. The van der Waals surface area contributed by atoms with Crippen LogP contribution in [-0.2, 0) is 30.5 Å². The number of hydrogen-bond acceptors (Lipinski definition) is 6. The Kier molecular flexibility index (Phi) is 12.9. The molecule has 44 heavy (non-hydrogen) atoms. The van der Waals surface area contributed by atoms with Crippen LogP contribution in [0.1, 0.15) is 81.3 Å². The van der Waals surface area contributed by atoms with Gasteiger partial charge in [0.05, 0.1) is 7.11 Å². The Hall–Kier alpha value is -3.59. The van der Waals surface area contributed by atoms with Crippen LogP contribution in [0.5, 0.6) is 0 Å². The molecule has 2 fully saturated rings. The average Bonchev–Trinajstić information content (AvgIpc) is 3.05. The number of carbonyl (C=O) groups is 4. The molecule has 2 aliphatic rings. The van der Waals surface area contributed by atoms with Crippen molar-refractivity contribution in [3.8, 4) is 0 Å². The SMILES string of the molecule is COC(=O)[C@H](CCC(=O)N1CCCC(c2ccccc2)C1)NC(=O)[C@H](CC1CCCCC1)NC(=O)OCc1cccc(Cl)c1. The highest BCUT2D eigenvalue weighted by Crippen LogP contribution is 2.28. The molecule has 4 rings (SSSR count). The molecule has 10 heteroatoms. The van der Waals surface area contributed by atoms with Crippen molar-refractivity contribution < 1.29 is 28.7 Å². The third kappa shape index (κ3) is 10.3. The predicted molar refractivity (Wildman–Crippen MR) is 168 cm³/mol. The van der Waals surface area contributed by atoms with E-state index in [0.29, 0.717) is 24.5 Å². The number of amides is 3. The number of halogens is 1. The third-order valence-corrected chi connectivity index (χ3v) is 8.89. The molecule has 1 aliphatic heterocycles. The zero-order valence-electron chi connectivity index (χ0n) is 25.5. The van der Waals surface area contributed by atoms with Gasteiger partial charge in [0.25, 0.3) is 0 Å². The molecule has 0 spiro atoms. The number of nitrogens with one attached hydrogen (secondary N) is 2. The van der Waals surface area contributed by atoms with Gasteiger partial charge >= 0.3 is 12.1 Å². The van der Waals surface area contributed by atoms with Gasteiger partial charge in [-0.1, -0.05) is 86.2 Å². The van der Waals surface area contributed by atoms with Crippen LogP contribution in [0.2, 0.25) is 5.02 Å². The fraction of sp³-hybridized carbons (Fsp3) is 0.529. The minimum absolute atomic E-state index is 0.00130. The van der Waals surface area contributed by atoms with Gasteiger partial charge in [0, 0.05) is 30.5 Å². The predicted octanol–water partition coefficient (Wildman–Crippen LogP) is 5.75. The van der Waals surface area contributed by atoms with Crippen LogP contribution in [0.15, 0.2) is 54.6 Å². The second-order valence-corrected chi connectivity index (χ2v) is 12.3. The monoisotopic (exact) mass is 625 g/mol. The summed E-state index contributed by atoms with van der Waals surface area (Å²) in [6, 6.07) is 15.2. The fourth-order valence-electron chi connectivity index (χ4n) is 6.24. The molecule has 1 heterocycles. The Bertz CT molecular complexity index is 1250. The number of nitrogens with zero attached hydrogens (tertiary/aromatic N) is 1. The molecule has 1 unspecified atom stereocenters. The Morgan fingerprint density at radius 1 is 0.932 bits per heavy atom. The van der Waals surface area contributed by atoms with Crippen molar-refractivity contribution in [2.75, 3.05) is 20.2 Å². The van der Waals surface area contributed by atoms with Gasteiger partial charge in [0.2, 0.25) is 11.8 Å². The van der Waals surface area contributed by atoms with E-state index in [0.717, 1.165) is 50.5 Å². The molecule has 2 aromatic carbocycles. The molecular formula is C34H44ClN3O6. The van der Waals surface area contributed by atoms with E-state index >= 15 is 0 Å². The van der Waals surface area contributed by atoms with Gasteiger partial charge < -0.3 is 25.0 Å². The number of alkyl carbamates (subject to hydrolysis) is 1. The summed E-state index contributed by atoms with van der Waals surface area (Å²) in [5.41, 5.74) is 1.94. The number of carbonyl (C=O) groups excluding carboxylic acids is 4. The quantitative estimate of drug-likeness (QED) is 0.290. The first-order valence-electron chi connectivity index (χ1n) is 15.7. The van der Waals surface area contributed by atoms with Crippen LogP contribution in [0.4, 0.5) is 4.79 Å². The summed E-state index contributed by atoms with van der Waals surface area (Å²) in [4.78, 5) is 54.1. The van der Waals surface area contributed by atoms with Crippen LogP contribution in [0.25, 0.3) is 0 Å². The lowest BCUT2D eigenvalue weighted by Gasteiger charge is -2.33. The van der Waals surface area contributed by atoms with Crippen molar-refractivity contribution in [2.24, 2.45) is 5.92 Å². The number of hydrogen-bond donors (Lipinski definition) is 2. The molecule has 0 radical (unpaired) electrons. The van der Waals surface area contributed by atoms with Gasteiger partial charge in [-0.15, -0.1) is 0 Å². The number of methoxy groups -OCH3 is 1. The summed E-state index contributed by atoms with van der Waals surface area (Å²) in [6.45, 7) is 1.30. The van der Waals surface area contributed by atoms with E-state index in [-0.39, 0.29) is 37.2 Å². The zero-order chi connectivity index (χ0) is 31.3. The minimum Gasteiger partial charge on any atom is -0.467 e. The van der Waals surface area contributed by atoms with E-state index in [9.17, 15) is 19.2 Å². The summed E-state index contributed by atoms with van der Waals surface area (Å²) in [6.07, 6.45) is 7.06. The molecule has 9 nitrogen and oxygen atoms in total. The van der Waals surface area contributed by atoms with Crippen molar-refractivity contribution in [1.29, 1.82) is 0 Å². The Labute approximate surface area is 265 Å². The smallest absolute Gasteiger partial charge is 0.408 e. The minimum atomic E-state index is -1.02. The lowest BCUT2D eigenvalue weighted by Crippen LogP contribution is -2.52. The number of ether oxygens (including phenoxy) is 2. The number of likely N-dealkylation sites (tertiary alicyclic amines) is 1. The maximum absolute atomic E-state index is 13.5. The maximum Gasteiger partial charge on any atom is 0.408 e. The third-order valence-electron chi connectivity index (χ3n) is 8.66. The highest BCUT2D eigenvalue weighted by Gasteiger charge is 2.32. The van der Waals surface area contributed by atoms with Crippen molar-refractivity contribution in [1.82, 2.24) is 15.5 Å².